The summed E-state index contributed by atoms with van der Waals surface area (Å²) in [4.78, 5) is 2.29. The Morgan fingerprint density at radius 1 is 1.11 bits per heavy atom. The maximum absolute atomic E-state index is 4.13. The highest BCUT2D eigenvalue weighted by atomic mass is 15.1. The highest BCUT2D eigenvalue weighted by Gasteiger charge is 2.05. The zero-order valence-electron chi connectivity index (χ0n) is 12.5. The van der Waals surface area contributed by atoms with E-state index in [0.29, 0.717) is 12.0 Å². The summed E-state index contributed by atoms with van der Waals surface area (Å²) in [5.41, 5.74) is 4.03. The topological polar surface area (TPSA) is 3.24 Å². The van der Waals surface area contributed by atoms with Gasteiger partial charge in [-0.25, -0.2) is 0 Å². The third kappa shape index (κ3) is 4.21. The van der Waals surface area contributed by atoms with Crippen LogP contribution < -0.4 is 4.90 Å². The van der Waals surface area contributed by atoms with Gasteiger partial charge in [0.2, 0.25) is 0 Å². The first-order valence-electron chi connectivity index (χ1n) is 6.91. The fourth-order valence-electron chi connectivity index (χ4n) is 1.79. The molecule has 0 aliphatic carbocycles. The van der Waals surface area contributed by atoms with E-state index in [4.69, 9.17) is 0 Å². The molecule has 1 rings (SSSR count). The number of benzene rings is 1. The molecule has 18 heavy (non-hydrogen) atoms. The van der Waals surface area contributed by atoms with E-state index in [2.05, 4.69) is 70.5 Å². The van der Waals surface area contributed by atoms with Gasteiger partial charge < -0.3 is 4.90 Å². The molecule has 1 heteroatoms. The molecule has 1 aromatic rings. The maximum atomic E-state index is 4.13. The minimum Gasteiger partial charge on any atom is -0.372 e. The predicted octanol–water partition coefficient (Wildman–Crippen LogP) is 4.68. The van der Waals surface area contributed by atoms with Gasteiger partial charge in [0, 0.05) is 18.8 Å². The van der Waals surface area contributed by atoms with Crippen molar-refractivity contribution in [3.8, 4) is 0 Å². The van der Waals surface area contributed by atoms with Crippen LogP contribution in [0.1, 0.15) is 39.7 Å². The van der Waals surface area contributed by atoms with Crippen molar-refractivity contribution >= 4 is 5.69 Å². The van der Waals surface area contributed by atoms with Crippen LogP contribution in [0.2, 0.25) is 0 Å². The van der Waals surface area contributed by atoms with E-state index in [-0.39, 0.29) is 0 Å². The fraction of sp³-hybridized carbons (Fsp3) is 0.529. The number of aryl methyl sites for hydroxylation is 1. The van der Waals surface area contributed by atoms with Crippen LogP contribution in [0.5, 0.6) is 0 Å². The van der Waals surface area contributed by atoms with Gasteiger partial charge in [-0.05, 0) is 50.3 Å². The predicted molar refractivity (Wildman–Crippen MR) is 82.3 cm³/mol. The summed E-state index contributed by atoms with van der Waals surface area (Å²) < 4.78 is 0. The summed E-state index contributed by atoms with van der Waals surface area (Å²) in [5, 5.41) is 0. The van der Waals surface area contributed by atoms with Gasteiger partial charge in [-0.3, -0.25) is 0 Å². The number of allylic oxidation sites excluding steroid dienone is 1. The van der Waals surface area contributed by atoms with E-state index in [0.717, 1.165) is 12.8 Å². The van der Waals surface area contributed by atoms with Crippen LogP contribution in [0.3, 0.4) is 0 Å². The van der Waals surface area contributed by atoms with Crippen LogP contribution >= 0.6 is 0 Å². The summed E-state index contributed by atoms with van der Waals surface area (Å²) in [7, 11) is 2.14. The quantitative estimate of drug-likeness (QED) is 0.658. The first kappa shape index (κ1) is 14.8. The molecule has 0 aliphatic heterocycles. The van der Waals surface area contributed by atoms with Crippen LogP contribution in [0.15, 0.2) is 36.4 Å². The molecule has 0 aliphatic rings. The van der Waals surface area contributed by atoms with Crippen LogP contribution in [-0.4, -0.2) is 13.1 Å². The van der Waals surface area contributed by atoms with Crippen LogP contribution in [0, 0.1) is 5.92 Å². The second-order valence-corrected chi connectivity index (χ2v) is 5.68. The molecule has 0 unspecified atom stereocenters. The Kier molecular flexibility index (Phi) is 5.46. The zero-order valence-corrected chi connectivity index (χ0v) is 12.5. The molecule has 0 saturated carbocycles. The van der Waals surface area contributed by atoms with Crippen molar-refractivity contribution in [3.63, 3.8) is 0 Å². The molecule has 0 saturated heterocycles. The third-order valence-corrected chi connectivity index (χ3v) is 3.67. The lowest BCUT2D eigenvalue weighted by Crippen LogP contribution is -2.25. The van der Waals surface area contributed by atoms with Gasteiger partial charge in [0.05, 0.1) is 0 Å². The lowest BCUT2D eigenvalue weighted by molar-refractivity contribution is 0.713. The van der Waals surface area contributed by atoms with E-state index in [9.17, 15) is 0 Å². The minimum absolute atomic E-state index is 0.538. The van der Waals surface area contributed by atoms with E-state index < -0.39 is 0 Å². The number of nitrogens with zero attached hydrogens (tertiary/aromatic N) is 1. The Labute approximate surface area is 113 Å². The van der Waals surface area contributed by atoms with E-state index in [1.807, 2.05) is 0 Å². The van der Waals surface area contributed by atoms with Gasteiger partial charge >= 0.3 is 0 Å². The second kappa shape index (κ2) is 6.63. The van der Waals surface area contributed by atoms with Crippen molar-refractivity contribution in [1.82, 2.24) is 0 Å². The lowest BCUT2D eigenvalue weighted by atomic mass is 9.97. The molecule has 0 fully saturated rings. The van der Waals surface area contributed by atoms with Crippen molar-refractivity contribution < 1.29 is 0 Å². The highest BCUT2D eigenvalue weighted by Crippen LogP contribution is 2.19. The molecular weight excluding hydrogens is 218 g/mol. The van der Waals surface area contributed by atoms with Gasteiger partial charge in [0.1, 0.15) is 0 Å². The smallest absolute Gasteiger partial charge is 0.0366 e. The van der Waals surface area contributed by atoms with Crippen molar-refractivity contribution in [2.45, 2.75) is 46.6 Å². The van der Waals surface area contributed by atoms with Crippen molar-refractivity contribution in [2.24, 2.45) is 5.92 Å². The number of hydrogen-bond acceptors (Lipinski definition) is 1. The number of hydrogen-bond donors (Lipinski definition) is 0. The standard InChI is InChI=1S/C17H27N/c1-13(2)15(5)7-8-16-9-11-17(12-10-16)18(6)14(3)4/h9-14H,5,7-8H2,1-4,6H3. The second-order valence-electron chi connectivity index (χ2n) is 5.68. The molecule has 0 heterocycles. The first-order chi connectivity index (χ1) is 8.41. The summed E-state index contributed by atoms with van der Waals surface area (Å²) in [6.45, 7) is 13.0. The minimum atomic E-state index is 0.538. The Bertz CT molecular complexity index is 373. The van der Waals surface area contributed by atoms with Crippen molar-refractivity contribution in [2.75, 3.05) is 11.9 Å². The average molecular weight is 245 g/mol. The van der Waals surface area contributed by atoms with E-state index in [1.165, 1.54) is 16.8 Å². The highest BCUT2D eigenvalue weighted by molar-refractivity contribution is 5.47. The molecule has 0 atom stereocenters. The van der Waals surface area contributed by atoms with Crippen molar-refractivity contribution in [3.05, 3.63) is 42.0 Å². The molecule has 1 aromatic carbocycles. The van der Waals surface area contributed by atoms with Crippen LogP contribution in [0.25, 0.3) is 0 Å². The van der Waals surface area contributed by atoms with Gasteiger partial charge in [-0.1, -0.05) is 38.1 Å². The van der Waals surface area contributed by atoms with Crippen LogP contribution in [0.4, 0.5) is 5.69 Å². The Morgan fingerprint density at radius 2 is 1.67 bits per heavy atom. The molecule has 0 bridgehead atoms. The molecule has 0 aromatic heterocycles. The molecule has 0 amide bonds. The normalized spacial score (nSPS) is 11.1. The van der Waals surface area contributed by atoms with Crippen molar-refractivity contribution in [1.29, 1.82) is 0 Å². The summed E-state index contributed by atoms with van der Waals surface area (Å²) >= 11 is 0. The largest absolute Gasteiger partial charge is 0.372 e. The zero-order chi connectivity index (χ0) is 13.7. The van der Waals surface area contributed by atoms with E-state index >= 15 is 0 Å². The SMILES string of the molecule is C=C(CCc1ccc(N(C)C(C)C)cc1)C(C)C. The first-order valence-corrected chi connectivity index (χ1v) is 6.91. The Morgan fingerprint density at radius 3 is 2.11 bits per heavy atom. The van der Waals surface area contributed by atoms with E-state index in [1.54, 1.807) is 0 Å². The molecule has 0 radical (unpaired) electrons. The van der Waals surface area contributed by atoms with Gasteiger partial charge in [0.15, 0.2) is 0 Å². The third-order valence-electron chi connectivity index (χ3n) is 3.67. The summed E-state index contributed by atoms with van der Waals surface area (Å²) in [6, 6.07) is 9.45. The van der Waals surface area contributed by atoms with Gasteiger partial charge in [0.25, 0.3) is 0 Å². The Balaban J connectivity index is 2.58. The average Bonchev–Trinajstić information content (AvgIpc) is 2.35. The molecular formula is C17H27N. The number of anilines is 1. The molecule has 0 spiro atoms. The van der Waals surface area contributed by atoms with Gasteiger partial charge in [-0.2, -0.15) is 0 Å². The Hall–Kier alpha value is -1.24. The van der Waals surface area contributed by atoms with Gasteiger partial charge in [-0.15, -0.1) is 0 Å². The lowest BCUT2D eigenvalue weighted by Gasteiger charge is -2.24. The number of rotatable bonds is 6. The maximum Gasteiger partial charge on any atom is 0.0366 e. The molecule has 1 nitrogen and oxygen atoms in total. The van der Waals surface area contributed by atoms with Crippen LogP contribution in [-0.2, 0) is 6.42 Å². The summed E-state index contributed by atoms with van der Waals surface area (Å²) in [5.74, 6) is 0.594. The summed E-state index contributed by atoms with van der Waals surface area (Å²) in [6.07, 6.45) is 2.19. The monoisotopic (exact) mass is 245 g/mol. The molecule has 0 N–H and O–H groups in total. The fourth-order valence-corrected chi connectivity index (χ4v) is 1.79. The molecule has 100 valence electrons.